The topological polar surface area (TPSA) is 64.8 Å². The molecule has 0 radical (unpaired) electrons. The number of pyridine rings is 1. The molecule has 3 aromatic rings. The number of fused-ring (bicyclic) bond motifs is 1. The summed E-state index contributed by atoms with van der Waals surface area (Å²) in [6.07, 6.45) is 2.20. The monoisotopic (exact) mass is 380 g/mol. The molecule has 0 bridgehead atoms. The van der Waals surface area contributed by atoms with E-state index < -0.39 is 34.5 Å². The van der Waals surface area contributed by atoms with E-state index in [2.05, 4.69) is 15.3 Å². The minimum absolute atomic E-state index is 0.0560. The lowest BCUT2D eigenvalue weighted by Gasteiger charge is -2.21. The summed E-state index contributed by atoms with van der Waals surface area (Å²) in [6.45, 7) is 5.55. The fraction of sp³-hybridized carbons (Fsp3) is 0.278. The molecule has 142 valence electrons. The van der Waals surface area contributed by atoms with Gasteiger partial charge < -0.3 is 10.5 Å². The number of nitrogens with zero attached hydrogens (tertiary/aromatic N) is 3. The molecule has 0 saturated carbocycles. The Balaban J connectivity index is 2.40. The number of rotatable bonds is 4. The molecule has 1 N–H and O–H groups in total. The first kappa shape index (κ1) is 18.8. The number of hydrogen-bond donors (Lipinski definition) is 1. The van der Waals surface area contributed by atoms with Gasteiger partial charge in [-0.3, -0.25) is 0 Å². The molecule has 0 amide bonds. The van der Waals surface area contributed by atoms with Gasteiger partial charge in [0, 0.05) is 18.2 Å². The maximum absolute atomic E-state index is 14.8. The number of halogens is 4. The molecular weight excluding hydrogens is 364 g/mol. The number of aromatic nitrogens is 3. The number of anilines is 1. The molecule has 0 unspecified atom stereocenters. The van der Waals surface area contributed by atoms with Crippen molar-refractivity contribution in [1.82, 2.24) is 9.97 Å². The van der Waals surface area contributed by atoms with E-state index in [-0.39, 0.29) is 28.8 Å². The van der Waals surface area contributed by atoms with E-state index in [0.29, 0.717) is 16.9 Å². The first-order valence-electron chi connectivity index (χ1n) is 8.19. The Hall–Kier alpha value is -2.97. The fourth-order valence-electron chi connectivity index (χ4n) is 2.59. The quantitative estimate of drug-likeness (QED) is 0.322. The SMILES string of the molecule is CC(C)[C@@H](C)Nc1c(-c2c(F)cc(F)cc2F)c(F)nc2c1ncc[n+]2[O-]. The molecule has 1 atom stereocenters. The van der Waals surface area contributed by atoms with Gasteiger partial charge in [-0.1, -0.05) is 13.8 Å². The normalized spacial score (nSPS) is 12.6. The van der Waals surface area contributed by atoms with Crippen molar-refractivity contribution < 1.29 is 22.3 Å². The lowest BCUT2D eigenvalue weighted by Crippen LogP contribution is -2.29. The van der Waals surface area contributed by atoms with Gasteiger partial charge in [0.25, 0.3) is 0 Å². The van der Waals surface area contributed by atoms with E-state index >= 15 is 0 Å². The zero-order valence-corrected chi connectivity index (χ0v) is 14.7. The van der Waals surface area contributed by atoms with E-state index in [0.717, 1.165) is 6.20 Å². The Labute approximate surface area is 152 Å². The number of benzene rings is 1. The highest BCUT2D eigenvalue weighted by Gasteiger charge is 2.30. The van der Waals surface area contributed by atoms with Crippen LogP contribution in [-0.4, -0.2) is 16.0 Å². The summed E-state index contributed by atoms with van der Waals surface area (Å²) in [6, 6.07) is 0.635. The van der Waals surface area contributed by atoms with Crippen molar-refractivity contribution in [3.8, 4) is 11.1 Å². The lowest BCUT2D eigenvalue weighted by atomic mass is 10.0. The van der Waals surface area contributed by atoms with Gasteiger partial charge in [-0.15, -0.1) is 0 Å². The van der Waals surface area contributed by atoms with Gasteiger partial charge in [0.1, 0.15) is 23.6 Å². The summed E-state index contributed by atoms with van der Waals surface area (Å²) < 4.78 is 57.1. The summed E-state index contributed by atoms with van der Waals surface area (Å²) in [5.74, 6) is -4.93. The molecular formula is C18H16F4N4O. The number of nitrogens with one attached hydrogen (secondary N) is 1. The molecule has 0 spiro atoms. The summed E-state index contributed by atoms with van der Waals surface area (Å²) in [7, 11) is 0. The zero-order valence-electron chi connectivity index (χ0n) is 14.7. The minimum Gasteiger partial charge on any atom is -0.710 e. The maximum Gasteiger partial charge on any atom is 0.357 e. The van der Waals surface area contributed by atoms with Crippen molar-refractivity contribution in [2.24, 2.45) is 5.92 Å². The van der Waals surface area contributed by atoms with Crippen LogP contribution in [-0.2, 0) is 0 Å². The second-order valence-electron chi connectivity index (χ2n) is 6.50. The highest BCUT2D eigenvalue weighted by Crippen LogP contribution is 2.38. The van der Waals surface area contributed by atoms with Gasteiger partial charge in [0.15, 0.2) is 5.52 Å². The van der Waals surface area contributed by atoms with Crippen LogP contribution in [0.1, 0.15) is 20.8 Å². The van der Waals surface area contributed by atoms with Crippen LogP contribution in [0.15, 0.2) is 24.5 Å². The molecule has 9 heteroatoms. The summed E-state index contributed by atoms with van der Waals surface area (Å²) in [5.41, 5.74) is -1.83. The third-order valence-corrected chi connectivity index (χ3v) is 4.35. The molecule has 27 heavy (non-hydrogen) atoms. The summed E-state index contributed by atoms with van der Waals surface area (Å²) in [4.78, 5) is 7.55. The Kier molecular flexibility index (Phi) is 4.86. The van der Waals surface area contributed by atoms with Crippen LogP contribution in [0.5, 0.6) is 0 Å². The molecule has 0 saturated heterocycles. The first-order valence-corrected chi connectivity index (χ1v) is 8.19. The smallest absolute Gasteiger partial charge is 0.357 e. The predicted molar refractivity (Wildman–Crippen MR) is 91.7 cm³/mol. The van der Waals surface area contributed by atoms with Crippen molar-refractivity contribution in [2.75, 3.05) is 5.32 Å². The zero-order chi connectivity index (χ0) is 19.9. The predicted octanol–water partition coefficient (Wildman–Crippen LogP) is 3.94. The third kappa shape index (κ3) is 3.36. The van der Waals surface area contributed by atoms with E-state index in [1.165, 1.54) is 6.20 Å². The molecule has 2 aromatic heterocycles. The van der Waals surface area contributed by atoms with Crippen LogP contribution in [0.25, 0.3) is 22.3 Å². The van der Waals surface area contributed by atoms with Gasteiger partial charge in [0.05, 0.1) is 23.0 Å². The van der Waals surface area contributed by atoms with Crippen LogP contribution in [0.4, 0.5) is 23.2 Å². The standard InChI is InChI=1S/C18H16F4N4O/c1-8(2)9(3)24-15-14(13-11(20)6-10(19)7-12(13)21)17(22)25-18-16(15)23-4-5-26(18)27/h4-9H,1-3H3,(H,24,25)/t9-/m1/s1. The lowest BCUT2D eigenvalue weighted by molar-refractivity contribution is -0.579. The van der Waals surface area contributed by atoms with Crippen molar-refractivity contribution in [3.63, 3.8) is 0 Å². The second kappa shape index (κ2) is 6.98. The molecule has 0 aliphatic carbocycles. The molecule has 1 aromatic carbocycles. The average molecular weight is 380 g/mol. The average Bonchev–Trinajstić information content (AvgIpc) is 2.57. The third-order valence-electron chi connectivity index (χ3n) is 4.35. The summed E-state index contributed by atoms with van der Waals surface area (Å²) >= 11 is 0. The van der Waals surface area contributed by atoms with E-state index in [4.69, 9.17) is 0 Å². The molecule has 0 fully saturated rings. The Morgan fingerprint density at radius 3 is 2.26 bits per heavy atom. The maximum atomic E-state index is 14.8. The van der Waals surface area contributed by atoms with E-state index in [1.807, 2.05) is 13.8 Å². The largest absolute Gasteiger partial charge is 0.710 e. The first-order chi connectivity index (χ1) is 12.7. The second-order valence-corrected chi connectivity index (χ2v) is 6.50. The highest BCUT2D eigenvalue weighted by molar-refractivity contribution is 5.94. The summed E-state index contributed by atoms with van der Waals surface area (Å²) in [5, 5.41) is 14.9. The van der Waals surface area contributed by atoms with Gasteiger partial charge in [-0.25, -0.2) is 22.9 Å². The van der Waals surface area contributed by atoms with Gasteiger partial charge >= 0.3 is 11.6 Å². The molecule has 3 rings (SSSR count). The molecule has 5 nitrogen and oxygen atoms in total. The van der Waals surface area contributed by atoms with Crippen LogP contribution in [0.3, 0.4) is 0 Å². The van der Waals surface area contributed by atoms with Crippen molar-refractivity contribution in [3.05, 3.63) is 53.1 Å². The van der Waals surface area contributed by atoms with E-state index in [1.54, 1.807) is 6.92 Å². The van der Waals surface area contributed by atoms with Crippen LogP contribution >= 0.6 is 0 Å². The molecule has 0 aliphatic heterocycles. The van der Waals surface area contributed by atoms with Crippen molar-refractivity contribution in [2.45, 2.75) is 26.8 Å². The van der Waals surface area contributed by atoms with Gasteiger partial charge in [-0.05, 0) is 17.8 Å². The van der Waals surface area contributed by atoms with Crippen molar-refractivity contribution in [1.29, 1.82) is 0 Å². The van der Waals surface area contributed by atoms with Crippen LogP contribution in [0.2, 0.25) is 0 Å². The molecule has 2 heterocycles. The Morgan fingerprint density at radius 1 is 1.04 bits per heavy atom. The van der Waals surface area contributed by atoms with Crippen molar-refractivity contribution >= 4 is 16.9 Å². The highest BCUT2D eigenvalue weighted by atomic mass is 19.1. The Bertz CT molecular complexity index is 1000. The van der Waals surface area contributed by atoms with Gasteiger partial charge in [-0.2, -0.15) is 4.39 Å². The Morgan fingerprint density at radius 2 is 1.67 bits per heavy atom. The number of hydrogen-bond acceptors (Lipinski definition) is 4. The fourth-order valence-corrected chi connectivity index (χ4v) is 2.59. The van der Waals surface area contributed by atoms with Gasteiger partial charge in [0.2, 0.25) is 0 Å². The molecule has 0 aliphatic rings. The van der Waals surface area contributed by atoms with Crippen LogP contribution in [0, 0.1) is 34.5 Å². The van der Waals surface area contributed by atoms with Crippen LogP contribution < -0.4 is 10.0 Å². The minimum atomic E-state index is -1.29. The van der Waals surface area contributed by atoms with E-state index in [9.17, 15) is 22.8 Å².